The van der Waals surface area contributed by atoms with Crippen molar-refractivity contribution in [2.75, 3.05) is 10.2 Å². The summed E-state index contributed by atoms with van der Waals surface area (Å²) in [5, 5.41) is 24.3. The van der Waals surface area contributed by atoms with Gasteiger partial charge in [0.25, 0.3) is 0 Å². The molecule has 9 nitrogen and oxygen atoms in total. The van der Waals surface area contributed by atoms with Crippen LogP contribution in [0.2, 0.25) is 5.15 Å². The molecule has 0 spiro atoms. The molecule has 3 heterocycles. The zero-order valence-electron chi connectivity index (χ0n) is 20.4. The highest BCUT2D eigenvalue weighted by Gasteiger charge is 2.46. The van der Waals surface area contributed by atoms with Gasteiger partial charge in [-0.05, 0) is 56.2 Å². The Labute approximate surface area is 219 Å². The van der Waals surface area contributed by atoms with Crippen LogP contribution in [0.5, 0.6) is 0 Å². The average Bonchev–Trinajstić information content (AvgIpc) is 3.30. The number of fused-ring (bicyclic) bond motifs is 2. The van der Waals surface area contributed by atoms with Gasteiger partial charge in [-0.3, -0.25) is 19.7 Å². The van der Waals surface area contributed by atoms with Crippen molar-refractivity contribution in [3.05, 3.63) is 65.1 Å². The van der Waals surface area contributed by atoms with E-state index in [0.29, 0.717) is 22.4 Å². The van der Waals surface area contributed by atoms with Crippen LogP contribution in [0.1, 0.15) is 44.6 Å². The Kier molecular flexibility index (Phi) is 6.07. The fraction of sp³-hybridized carbons (Fsp3) is 0.333. The van der Waals surface area contributed by atoms with Crippen LogP contribution in [-0.4, -0.2) is 45.2 Å². The number of amides is 1. The van der Waals surface area contributed by atoms with Crippen molar-refractivity contribution in [3.63, 3.8) is 0 Å². The number of H-pyrrole nitrogens is 1. The van der Waals surface area contributed by atoms with Gasteiger partial charge in [-0.25, -0.2) is 4.99 Å². The molecule has 3 aromatic rings. The van der Waals surface area contributed by atoms with Gasteiger partial charge in [0, 0.05) is 23.3 Å². The van der Waals surface area contributed by atoms with Gasteiger partial charge in [-0.1, -0.05) is 36.9 Å². The van der Waals surface area contributed by atoms with E-state index in [1.54, 1.807) is 23.1 Å². The van der Waals surface area contributed by atoms with E-state index in [9.17, 15) is 10.1 Å². The van der Waals surface area contributed by atoms with Gasteiger partial charge < -0.3 is 10.6 Å². The van der Waals surface area contributed by atoms with E-state index >= 15 is 0 Å². The minimum absolute atomic E-state index is 0.0170. The van der Waals surface area contributed by atoms with Crippen LogP contribution >= 0.6 is 11.6 Å². The summed E-state index contributed by atoms with van der Waals surface area (Å²) in [6.07, 6.45) is 7.12. The Morgan fingerprint density at radius 3 is 2.81 bits per heavy atom. The van der Waals surface area contributed by atoms with E-state index < -0.39 is 0 Å². The first kappa shape index (κ1) is 23.5. The summed E-state index contributed by atoms with van der Waals surface area (Å²) in [6, 6.07) is 15.0. The number of carbonyl (C=O) groups is 1. The van der Waals surface area contributed by atoms with Crippen molar-refractivity contribution >= 4 is 45.7 Å². The van der Waals surface area contributed by atoms with Gasteiger partial charge in [-0.2, -0.15) is 10.4 Å². The van der Waals surface area contributed by atoms with Crippen LogP contribution in [0.4, 0.5) is 11.4 Å². The number of nitrogens with one attached hydrogen (secondary N) is 3. The highest BCUT2D eigenvalue weighted by molar-refractivity contribution is 6.34. The third-order valence-corrected chi connectivity index (χ3v) is 7.73. The van der Waals surface area contributed by atoms with Crippen molar-refractivity contribution in [2.45, 2.75) is 57.3 Å². The zero-order valence-corrected chi connectivity index (χ0v) is 21.2. The van der Waals surface area contributed by atoms with Gasteiger partial charge in [0.15, 0.2) is 0 Å². The minimum atomic E-state index is -0.361. The molecule has 0 bridgehead atoms. The predicted octanol–water partition coefficient (Wildman–Crippen LogP) is 4.70. The Balaban J connectivity index is 1.37. The number of anilines is 2. The Bertz CT molecular complexity index is 1460. The summed E-state index contributed by atoms with van der Waals surface area (Å²) in [5.41, 5.74) is 3.54. The lowest BCUT2D eigenvalue weighted by molar-refractivity contribution is -0.127. The van der Waals surface area contributed by atoms with Crippen LogP contribution in [0.25, 0.3) is 10.9 Å². The van der Waals surface area contributed by atoms with Crippen LogP contribution in [0.3, 0.4) is 0 Å². The number of guanidine groups is 1. The number of carbonyl (C=O) groups excluding carboxylic acids is 1. The number of aromatic nitrogens is 2. The summed E-state index contributed by atoms with van der Waals surface area (Å²) in [7, 11) is 0. The van der Waals surface area contributed by atoms with Crippen LogP contribution in [0.15, 0.2) is 59.4 Å². The van der Waals surface area contributed by atoms with Crippen molar-refractivity contribution in [2.24, 2.45) is 4.99 Å². The second kappa shape index (κ2) is 9.54. The first-order valence-electron chi connectivity index (χ1n) is 12.6. The lowest BCUT2D eigenvalue weighted by Crippen LogP contribution is -2.64. The summed E-state index contributed by atoms with van der Waals surface area (Å²) < 4.78 is 0. The number of hydrogen-bond donors (Lipinski definition) is 3. The second-order valence-electron chi connectivity index (χ2n) is 9.71. The molecule has 1 unspecified atom stereocenters. The SMILES string of the molecule is C[C@@H]1C(=O)N(c2cccc(C#N)c2)C2=CNC(Nc3ccc4n[nH]c(Cl)c4c3)=NC2N1C1CCCCC1. The van der Waals surface area contributed by atoms with Gasteiger partial charge in [0.05, 0.1) is 34.6 Å². The van der Waals surface area contributed by atoms with Crippen molar-refractivity contribution in [1.29, 1.82) is 5.26 Å². The molecule has 3 aliphatic rings. The van der Waals surface area contributed by atoms with Crippen LogP contribution in [0, 0.1) is 11.3 Å². The number of halogens is 1. The molecule has 188 valence electrons. The molecule has 2 aliphatic heterocycles. The lowest BCUT2D eigenvalue weighted by atomic mass is 9.91. The van der Waals surface area contributed by atoms with Gasteiger partial charge >= 0.3 is 0 Å². The number of nitriles is 1. The fourth-order valence-corrected chi connectivity index (χ4v) is 5.84. The van der Waals surface area contributed by atoms with E-state index in [1.165, 1.54) is 6.42 Å². The first-order chi connectivity index (χ1) is 18.0. The van der Waals surface area contributed by atoms with E-state index in [4.69, 9.17) is 16.6 Å². The Morgan fingerprint density at radius 1 is 1.16 bits per heavy atom. The smallest absolute Gasteiger partial charge is 0.248 e. The highest BCUT2D eigenvalue weighted by Crippen LogP contribution is 2.37. The molecule has 10 heteroatoms. The summed E-state index contributed by atoms with van der Waals surface area (Å²) in [4.78, 5) is 22.9. The molecule has 2 aromatic carbocycles. The summed E-state index contributed by atoms with van der Waals surface area (Å²) in [5.74, 6) is 0.567. The second-order valence-corrected chi connectivity index (χ2v) is 10.1. The first-order valence-corrected chi connectivity index (χ1v) is 13.0. The zero-order chi connectivity index (χ0) is 25.5. The third kappa shape index (κ3) is 4.22. The number of aromatic amines is 1. The normalized spacial score (nSPS) is 22.6. The molecule has 1 aliphatic carbocycles. The molecule has 2 atom stereocenters. The van der Waals surface area contributed by atoms with E-state index in [2.05, 4.69) is 31.8 Å². The number of aliphatic imine (C=N–C) groups is 1. The van der Waals surface area contributed by atoms with Crippen molar-refractivity contribution in [3.8, 4) is 6.07 Å². The van der Waals surface area contributed by atoms with E-state index in [-0.39, 0.29) is 24.2 Å². The topological polar surface area (TPSA) is 112 Å². The van der Waals surface area contributed by atoms with Gasteiger partial charge in [0.2, 0.25) is 11.9 Å². The molecule has 1 aromatic heterocycles. The predicted molar refractivity (Wildman–Crippen MR) is 144 cm³/mol. The number of rotatable bonds is 3. The highest BCUT2D eigenvalue weighted by atomic mass is 35.5. The molecule has 3 N–H and O–H groups in total. The Morgan fingerprint density at radius 2 is 2.00 bits per heavy atom. The molecule has 1 saturated heterocycles. The molecule has 37 heavy (non-hydrogen) atoms. The maximum atomic E-state index is 13.8. The number of hydrogen-bond acceptors (Lipinski definition) is 7. The third-order valence-electron chi connectivity index (χ3n) is 7.44. The molecular formula is C27H27ClN8O. The number of piperazine rings is 1. The summed E-state index contributed by atoms with van der Waals surface area (Å²) in [6.45, 7) is 1.97. The Hall–Kier alpha value is -3.87. The van der Waals surface area contributed by atoms with Crippen LogP contribution in [-0.2, 0) is 4.79 Å². The van der Waals surface area contributed by atoms with Gasteiger partial charge in [-0.15, -0.1) is 0 Å². The van der Waals surface area contributed by atoms with E-state index in [0.717, 1.165) is 48.0 Å². The standard InChI is InChI=1S/C27H27ClN8O/c1-16-26(37)36(20-9-5-6-17(12-20)14-29)23-15-30-27(32-25(23)35(16)19-7-3-2-4-8-19)31-18-10-11-22-21(13-18)24(28)34-33-22/h5-6,9-13,15-16,19,25H,2-4,7-8H2,1H3,(H,33,34)(H2,30,31,32)/t16-,25?/m1/s1. The molecule has 2 fully saturated rings. The van der Waals surface area contributed by atoms with Crippen molar-refractivity contribution < 1.29 is 4.79 Å². The molecule has 1 amide bonds. The minimum Gasteiger partial charge on any atom is -0.331 e. The lowest BCUT2D eigenvalue weighted by Gasteiger charge is -2.49. The van der Waals surface area contributed by atoms with Crippen molar-refractivity contribution in [1.82, 2.24) is 20.4 Å². The van der Waals surface area contributed by atoms with Crippen LogP contribution < -0.4 is 15.5 Å². The number of nitrogens with zero attached hydrogens (tertiary/aromatic N) is 5. The molecule has 0 radical (unpaired) electrons. The molecule has 6 rings (SSSR count). The van der Waals surface area contributed by atoms with E-state index in [1.807, 2.05) is 37.4 Å². The average molecular weight is 515 g/mol. The maximum absolute atomic E-state index is 13.8. The quantitative estimate of drug-likeness (QED) is 0.467. The number of benzene rings is 2. The fourth-order valence-electron chi connectivity index (χ4n) is 5.64. The molecule has 1 saturated carbocycles. The van der Waals surface area contributed by atoms with Gasteiger partial charge in [0.1, 0.15) is 11.3 Å². The summed E-state index contributed by atoms with van der Waals surface area (Å²) >= 11 is 6.24. The monoisotopic (exact) mass is 514 g/mol. The maximum Gasteiger partial charge on any atom is 0.248 e. The largest absolute Gasteiger partial charge is 0.331 e. The molecular weight excluding hydrogens is 488 g/mol.